The monoisotopic (exact) mass is 331 g/mol. The Bertz CT molecular complexity index is 414. The molecule has 2 aliphatic rings. The van der Waals surface area contributed by atoms with E-state index in [4.69, 9.17) is 10.5 Å². The summed E-state index contributed by atoms with van der Waals surface area (Å²) in [5.41, 5.74) is 6.87. The predicted octanol–water partition coefficient (Wildman–Crippen LogP) is 2.01. The number of nitrogens with zero attached hydrogens (tertiary/aromatic N) is 2. The number of hydrogen-bond acceptors (Lipinski definition) is 4. The Morgan fingerprint density at radius 3 is 2.75 bits per heavy atom. The second-order valence-electron chi connectivity index (χ2n) is 4.58. The van der Waals surface area contributed by atoms with Gasteiger partial charge in [0, 0.05) is 5.92 Å². The average Bonchev–Trinajstić information content (AvgIpc) is 2.86. The molecule has 5 heteroatoms. The van der Waals surface area contributed by atoms with Gasteiger partial charge in [0.15, 0.2) is 0 Å². The molecule has 0 amide bonds. The first-order valence-corrected chi connectivity index (χ1v) is 6.68. The maximum absolute atomic E-state index is 5.89. The molecule has 0 spiro atoms. The third-order valence-corrected chi connectivity index (χ3v) is 4.83. The second kappa shape index (κ2) is 3.80. The minimum absolute atomic E-state index is 0.323. The second-order valence-corrected chi connectivity index (χ2v) is 5.66. The fraction of sp³-hybridized carbons (Fsp3) is 0.636. The van der Waals surface area contributed by atoms with Crippen molar-refractivity contribution in [2.45, 2.75) is 44.3 Å². The van der Waals surface area contributed by atoms with E-state index in [1.807, 2.05) is 6.92 Å². The Morgan fingerprint density at radius 2 is 2.19 bits per heavy atom. The first-order chi connectivity index (χ1) is 7.65. The minimum atomic E-state index is 0.323. The van der Waals surface area contributed by atoms with Crippen LogP contribution in [0.15, 0.2) is 0 Å². The SMILES string of the molecule is Cc1nc(C2CC3CCC2O3)nc(N)c1I. The van der Waals surface area contributed by atoms with Crippen molar-refractivity contribution in [3.8, 4) is 0 Å². The largest absolute Gasteiger partial charge is 0.383 e. The molecular weight excluding hydrogens is 317 g/mol. The Kier molecular flexibility index (Phi) is 2.54. The van der Waals surface area contributed by atoms with Crippen LogP contribution < -0.4 is 5.73 Å². The van der Waals surface area contributed by atoms with Crippen LogP contribution in [0.1, 0.15) is 36.7 Å². The highest BCUT2D eigenvalue weighted by atomic mass is 127. The lowest BCUT2D eigenvalue weighted by Gasteiger charge is -2.18. The Balaban J connectivity index is 1.95. The van der Waals surface area contributed by atoms with Gasteiger partial charge < -0.3 is 10.5 Å². The first kappa shape index (κ1) is 10.7. The van der Waals surface area contributed by atoms with Crippen LogP contribution in [0.4, 0.5) is 5.82 Å². The van der Waals surface area contributed by atoms with Crippen molar-refractivity contribution in [3.05, 3.63) is 15.1 Å². The third kappa shape index (κ3) is 1.60. The van der Waals surface area contributed by atoms with Crippen molar-refractivity contribution in [1.82, 2.24) is 9.97 Å². The van der Waals surface area contributed by atoms with Gasteiger partial charge in [-0.15, -0.1) is 0 Å². The number of rotatable bonds is 1. The number of aryl methyl sites for hydroxylation is 1. The molecule has 3 heterocycles. The zero-order chi connectivity index (χ0) is 11.3. The van der Waals surface area contributed by atoms with Gasteiger partial charge in [-0.2, -0.15) is 0 Å². The smallest absolute Gasteiger partial charge is 0.140 e. The summed E-state index contributed by atoms with van der Waals surface area (Å²) in [5.74, 6) is 1.84. The number of nitrogen functional groups attached to an aromatic ring is 1. The van der Waals surface area contributed by atoms with Crippen LogP contribution in [-0.4, -0.2) is 22.2 Å². The average molecular weight is 331 g/mol. The highest BCUT2D eigenvalue weighted by Gasteiger charge is 2.43. The maximum atomic E-state index is 5.89. The minimum Gasteiger partial charge on any atom is -0.383 e. The molecule has 3 unspecified atom stereocenters. The van der Waals surface area contributed by atoms with Gasteiger partial charge in [0.25, 0.3) is 0 Å². The Hall–Kier alpha value is -0.430. The number of halogens is 1. The molecule has 4 nitrogen and oxygen atoms in total. The summed E-state index contributed by atoms with van der Waals surface area (Å²) < 4.78 is 6.79. The molecule has 16 heavy (non-hydrogen) atoms. The molecule has 0 aromatic carbocycles. The zero-order valence-corrected chi connectivity index (χ0v) is 11.3. The first-order valence-electron chi connectivity index (χ1n) is 5.60. The van der Waals surface area contributed by atoms with Crippen LogP contribution in [0, 0.1) is 10.5 Å². The van der Waals surface area contributed by atoms with Crippen LogP contribution in [0.2, 0.25) is 0 Å². The molecule has 2 fully saturated rings. The van der Waals surface area contributed by atoms with Crippen molar-refractivity contribution in [2.24, 2.45) is 0 Å². The maximum Gasteiger partial charge on any atom is 0.140 e. The van der Waals surface area contributed by atoms with E-state index < -0.39 is 0 Å². The van der Waals surface area contributed by atoms with Crippen molar-refractivity contribution in [2.75, 3.05) is 5.73 Å². The fourth-order valence-corrected chi connectivity index (χ4v) is 2.92. The van der Waals surface area contributed by atoms with E-state index in [0.717, 1.165) is 27.9 Å². The lowest BCUT2D eigenvalue weighted by molar-refractivity contribution is 0.0999. The van der Waals surface area contributed by atoms with E-state index in [2.05, 4.69) is 32.6 Å². The molecule has 3 atom stereocenters. The molecule has 2 aliphatic heterocycles. The molecule has 2 saturated heterocycles. The van der Waals surface area contributed by atoms with E-state index in [1.54, 1.807) is 0 Å². The highest BCUT2D eigenvalue weighted by molar-refractivity contribution is 14.1. The standard InChI is InChI=1S/C11H14IN3O/c1-5-9(12)10(13)15-11(14-5)7-4-6-2-3-8(7)16-6/h6-8H,2-4H2,1H3,(H2,13,14,15). The van der Waals surface area contributed by atoms with Crippen LogP contribution in [-0.2, 0) is 4.74 Å². The number of nitrogens with two attached hydrogens (primary N) is 1. The predicted molar refractivity (Wildman–Crippen MR) is 69.2 cm³/mol. The summed E-state index contributed by atoms with van der Waals surface area (Å²) in [6.07, 6.45) is 4.15. The normalized spacial score (nSPS) is 32.2. The van der Waals surface area contributed by atoms with Crippen LogP contribution in [0.5, 0.6) is 0 Å². The molecule has 0 aliphatic carbocycles. The topological polar surface area (TPSA) is 61.0 Å². The van der Waals surface area contributed by atoms with E-state index in [-0.39, 0.29) is 0 Å². The van der Waals surface area contributed by atoms with Crippen molar-refractivity contribution in [1.29, 1.82) is 0 Å². The quantitative estimate of drug-likeness (QED) is 0.800. The fourth-order valence-electron chi connectivity index (χ4n) is 2.68. The van der Waals surface area contributed by atoms with Gasteiger partial charge in [-0.3, -0.25) is 0 Å². The van der Waals surface area contributed by atoms with Gasteiger partial charge in [0.05, 0.1) is 21.5 Å². The summed E-state index contributed by atoms with van der Waals surface area (Å²) in [4.78, 5) is 8.97. The number of fused-ring (bicyclic) bond motifs is 2. The van der Waals surface area contributed by atoms with Crippen LogP contribution in [0.25, 0.3) is 0 Å². The van der Waals surface area contributed by atoms with E-state index in [1.165, 1.54) is 6.42 Å². The van der Waals surface area contributed by atoms with Gasteiger partial charge in [-0.1, -0.05) is 0 Å². The molecule has 3 rings (SSSR count). The van der Waals surface area contributed by atoms with E-state index in [0.29, 0.717) is 23.9 Å². The lowest BCUT2D eigenvalue weighted by Crippen LogP contribution is -2.18. The number of ether oxygens (including phenoxy) is 1. The van der Waals surface area contributed by atoms with E-state index >= 15 is 0 Å². The highest BCUT2D eigenvalue weighted by Crippen LogP contribution is 2.43. The number of hydrogen-bond donors (Lipinski definition) is 1. The molecule has 0 saturated carbocycles. The number of anilines is 1. The van der Waals surface area contributed by atoms with Crippen LogP contribution in [0.3, 0.4) is 0 Å². The zero-order valence-electron chi connectivity index (χ0n) is 9.11. The molecule has 1 aromatic rings. The van der Waals surface area contributed by atoms with Gasteiger partial charge in [0.2, 0.25) is 0 Å². The molecule has 0 radical (unpaired) electrons. The summed E-state index contributed by atoms with van der Waals surface area (Å²) >= 11 is 2.19. The van der Waals surface area contributed by atoms with Crippen molar-refractivity contribution >= 4 is 28.4 Å². The molecule has 2 bridgehead atoms. The van der Waals surface area contributed by atoms with Gasteiger partial charge in [-0.25, -0.2) is 9.97 Å². The summed E-state index contributed by atoms with van der Waals surface area (Å²) in [6.45, 7) is 1.98. The summed E-state index contributed by atoms with van der Waals surface area (Å²) in [6, 6.07) is 0. The van der Waals surface area contributed by atoms with Gasteiger partial charge >= 0.3 is 0 Å². The van der Waals surface area contributed by atoms with Gasteiger partial charge in [-0.05, 0) is 48.8 Å². The third-order valence-electron chi connectivity index (χ3n) is 3.50. The molecule has 1 aromatic heterocycles. The lowest BCUT2D eigenvalue weighted by atomic mass is 9.88. The van der Waals surface area contributed by atoms with Crippen molar-refractivity contribution in [3.63, 3.8) is 0 Å². The molecular formula is C11H14IN3O. The summed E-state index contributed by atoms with van der Waals surface area (Å²) in [5, 5.41) is 0. The molecule has 2 N–H and O–H groups in total. The number of aromatic nitrogens is 2. The Labute approximate surface area is 108 Å². The Morgan fingerprint density at radius 1 is 1.38 bits per heavy atom. The van der Waals surface area contributed by atoms with E-state index in [9.17, 15) is 0 Å². The molecule has 86 valence electrons. The van der Waals surface area contributed by atoms with Crippen molar-refractivity contribution < 1.29 is 4.74 Å². The van der Waals surface area contributed by atoms with Crippen LogP contribution >= 0.6 is 22.6 Å². The van der Waals surface area contributed by atoms with Gasteiger partial charge in [0.1, 0.15) is 11.6 Å². The summed E-state index contributed by atoms with van der Waals surface area (Å²) in [7, 11) is 0.